The van der Waals surface area contributed by atoms with E-state index in [1.807, 2.05) is 55.5 Å². The van der Waals surface area contributed by atoms with Gasteiger partial charge in [0.15, 0.2) is 0 Å². The molecular formula is C26H38O3S. The molecule has 0 aromatic heterocycles. The normalized spacial score (nSPS) is 14.1. The lowest BCUT2D eigenvalue weighted by molar-refractivity contribution is 0.431. The van der Waals surface area contributed by atoms with Crippen molar-refractivity contribution in [3.05, 3.63) is 70.8 Å². The van der Waals surface area contributed by atoms with Crippen molar-refractivity contribution < 1.29 is 13.0 Å². The topological polar surface area (TPSA) is 54.4 Å². The van der Waals surface area contributed by atoms with Crippen molar-refractivity contribution in [2.75, 3.05) is 0 Å². The first-order valence-electron chi connectivity index (χ1n) is 11.4. The molecule has 0 fully saturated rings. The summed E-state index contributed by atoms with van der Waals surface area (Å²) in [5.41, 5.74) is 3.45. The highest BCUT2D eigenvalue weighted by molar-refractivity contribution is 7.87. The Hall–Kier alpha value is -1.65. The average Bonchev–Trinajstić information content (AvgIpc) is 2.71. The van der Waals surface area contributed by atoms with Gasteiger partial charge in [-0.05, 0) is 47.4 Å². The predicted octanol–water partition coefficient (Wildman–Crippen LogP) is 7.25. The van der Waals surface area contributed by atoms with E-state index in [2.05, 4.69) is 20.8 Å². The molecule has 0 saturated carbocycles. The van der Waals surface area contributed by atoms with Crippen LogP contribution in [0, 0.1) is 0 Å². The number of hydrogen-bond acceptors (Lipinski definition) is 2. The standard InChI is InChI=1S/C26H38O3S/c1-5-7-8-9-10-15-22-16-11-13-18-24(22)26(20-6-2,30(27,28)29)25-19-14-12-17-23(25)21(3)4/h11-14,16-19,21H,5-10,15,20H2,1-4H3,(H,27,28,29). The Bertz CT molecular complexity index is 902. The maximum Gasteiger partial charge on any atom is 0.279 e. The van der Waals surface area contributed by atoms with E-state index in [0.717, 1.165) is 36.0 Å². The smallest absolute Gasteiger partial charge is 0.279 e. The molecule has 2 aromatic rings. The monoisotopic (exact) mass is 430 g/mol. The van der Waals surface area contributed by atoms with Crippen molar-refractivity contribution in [2.24, 2.45) is 0 Å². The molecule has 1 atom stereocenters. The fraction of sp³-hybridized carbons (Fsp3) is 0.538. The molecule has 166 valence electrons. The zero-order chi connectivity index (χ0) is 22.2. The number of unbranched alkanes of at least 4 members (excludes halogenated alkanes) is 4. The zero-order valence-electron chi connectivity index (χ0n) is 19.0. The van der Waals surface area contributed by atoms with Gasteiger partial charge in [0.25, 0.3) is 10.1 Å². The summed E-state index contributed by atoms with van der Waals surface area (Å²) in [7, 11) is -4.41. The number of benzene rings is 2. The lowest BCUT2D eigenvalue weighted by Gasteiger charge is -2.35. The van der Waals surface area contributed by atoms with E-state index in [0.29, 0.717) is 18.4 Å². The maximum atomic E-state index is 13.1. The van der Waals surface area contributed by atoms with E-state index in [4.69, 9.17) is 0 Å². The van der Waals surface area contributed by atoms with Gasteiger partial charge in [-0.2, -0.15) is 8.42 Å². The van der Waals surface area contributed by atoms with Crippen molar-refractivity contribution in [3.8, 4) is 0 Å². The van der Waals surface area contributed by atoms with Gasteiger partial charge in [0.2, 0.25) is 0 Å². The van der Waals surface area contributed by atoms with E-state index < -0.39 is 14.9 Å². The van der Waals surface area contributed by atoms with Crippen LogP contribution in [-0.2, 0) is 21.3 Å². The largest absolute Gasteiger partial charge is 0.285 e. The van der Waals surface area contributed by atoms with Crippen LogP contribution in [0.1, 0.15) is 101 Å². The Morgan fingerprint density at radius 1 is 0.833 bits per heavy atom. The quantitative estimate of drug-likeness (QED) is 0.285. The molecule has 0 aliphatic carbocycles. The summed E-state index contributed by atoms with van der Waals surface area (Å²) in [5.74, 6) is 0.153. The van der Waals surface area contributed by atoms with Gasteiger partial charge < -0.3 is 0 Å². The summed E-state index contributed by atoms with van der Waals surface area (Å²) in [6, 6.07) is 15.5. The number of aryl methyl sites for hydroxylation is 1. The molecule has 1 unspecified atom stereocenters. The molecule has 30 heavy (non-hydrogen) atoms. The summed E-state index contributed by atoms with van der Waals surface area (Å²) in [6.07, 6.45) is 7.62. The van der Waals surface area contributed by atoms with Crippen LogP contribution in [0.5, 0.6) is 0 Å². The highest BCUT2D eigenvalue weighted by atomic mass is 32.2. The first-order chi connectivity index (χ1) is 14.3. The lowest BCUT2D eigenvalue weighted by Crippen LogP contribution is -2.39. The van der Waals surface area contributed by atoms with Crippen LogP contribution >= 0.6 is 0 Å². The molecule has 4 heteroatoms. The molecule has 3 nitrogen and oxygen atoms in total. The first kappa shape index (κ1) is 24.6. The molecule has 0 amide bonds. The van der Waals surface area contributed by atoms with Gasteiger partial charge >= 0.3 is 0 Å². The second-order valence-corrected chi connectivity index (χ2v) is 10.3. The Balaban J connectivity index is 2.66. The van der Waals surface area contributed by atoms with Crippen molar-refractivity contribution in [2.45, 2.75) is 89.7 Å². The van der Waals surface area contributed by atoms with E-state index >= 15 is 0 Å². The van der Waals surface area contributed by atoms with Gasteiger partial charge in [-0.15, -0.1) is 0 Å². The fourth-order valence-electron chi connectivity index (χ4n) is 4.59. The third-order valence-corrected chi connectivity index (χ3v) is 7.59. The van der Waals surface area contributed by atoms with E-state index in [-0.39, 0.29) is 5.92 Å². The predicted molar refractivity (Wildman–Crippen MR) is 127 cm³/mol. The van der Waals surface area contributed by atoms with Gasteiger partial charge in [0, 0.05) is 0 Å². The highest BCUT2D eigenvalue weighted by Crippen LogP contribution is 2.46. The SMILES string of the molecule is CCCCCCCc1ccccc1C(CCC)(c1ccccc1C(C)C)S(=O)(=O)O. The van der Waals surface area contributed by atoms with Crippen LogP contribution in [0.2, 0.25) is 0 Å². The molecule has 0 aliphatic rings. The molecule has 0 aliphatic heterocycles. The summed E-state index contributed by atoms with van der Waals surface area (Å²) in [6.45, 7) is 8.32. The van der Waals surface area contributed by atoms with Crippen molar-refractivity contribution in [1.82, 2.24) is 0 Å². The number of rotatable bonds is 12. The molecule has 1 N–H and O–H groups in total. The molecule has 0 radical (unpaired) electrons. The minimum absolute atomic E-state index is 0.153. The Morgan fingerprint density at radius 3 is 2.03 bits per heavy atom. The summed E-state index contributed by atoms with van der Waals surface area (Å²) in [5, 5.41) is 0. The van der Waals surface area contributed by atoms with Crippen LogP contribution < -0.4 is 0 Å². The van der Waals surface area contributed by atoms with Gasteiger partial charge in [-0.25, -0.2) is 0 Å². The minimum atomic E-state index is -4.41. The lowest BCUT2D eigenvalue weighted by atomic mass is 9.79. The van der Waals surface area contributed by atoms with Crippen LogP contribution in [-0.4, -0.2) is 13.0 Å². The van der Waals surface area contributed by atoms with Gasteiger partial charge in [0.1, 0.15) is 4.75 Å². The summed E-state index contributed by atoms with van der Waals surface area (Å²) in [4.78, 5) is 0. The van der Waals surface area contributed by atoms with Crippen molar-refractivity contribution in [3.63, 3.8) is 0 Å². The summed E-state index contributed by atoms with van der Waals surface area (Å²) >= 11 is 0. The molecule has 0 saturated heterocycles. The summed E-state index contributed by atoms with van der Waals surface area (Å²) < 4.78 is 35.6. The van der Waals surface area contributed by atoms with Crippen molar-refractivity contribution in [1.29, 1.82) is 0 Å². The third kappa shape index (κ3) is 5.33. The molecule has 2 aromatic carbocycles. The van der Waals surface area contributed by atoms with E-state index in [1.54, 1.807) is 0 Å². The Morgan fingerprint density at radius 2 is 1.43 bits per heavy atom. The average molecular weight is 431 g/mol. The van der Waals surface area contributed by atoms with E-state index in [9.17, 15) is 13.0 Å². The molecular weight excluding hydrogens is 392 g/mol. The van der Waals surface area contributed by atoms with Crippen LogP contribution in [0.3, 0.4) is 0 Å². The Labute approximate surface area is 183 Å². The van der Waals surface area contributed by atoms with Crippen LogP contribution in [0.25, 0.3) is 0 Å². The van der Waals surface area contributed by atoms with Crippen LogP contribution in [0.4, 0.5) is 0 Å². The van der Waals surface area contributed by atoms with Gasteiger partial charge in [-0.1, -0.05) is 108 Å². The minimum Gasteiger partial charge on any atom is -0.285 e. The fourth-order valence-corrected chi connectivity index (χ4v) is 6.00. The third-order valence-electron chi connectivity index (χ3n) is 6.06. The Kier molecular flexibility index (Phi) is 9.11. The van der Waals surface area contributed by atoms with Gasteiger partial charge in [0.05, 0.1) is 0 Å². The second kappa shape index (κ2) is 11.1. The van der Waals surface area contributed by atoms with Crippen LogP contribution in [0.15, 0.2) is 48.5 Å². The number of hydrogen-bond donors (Lipinski definition) is 1. The first-order valence-corrected chi connectivity index (χ1v) is 12.9. The van der Waals surface area contributed by atoms with Gasteiger partial charge in [-0.3, -0.25) is 4.55 Å². The highest BCUT2D eigenvalue weighted by Gasteiger charge is 2.48. The van der Waals surface area contributed by atoms with E-state index in [1.165, 1.54) is 19.3 Å². The maximum absolute atomic E-state index is 13.1. The second-order valence-electron chi connectivity index (χ2n) is 8.62. The molecule has 2 rings (SSSR count). The molecule has 0 bridgehead atoms. The molecule has 0 spiro atoms. The zero-order valence-corrected chi connectivity index (χ0v) is 19.8. The molecule has 0 heterocycles. The van der Waals surface area contributed by atoms with Crippen molar-refractivity contribution >= 4 is 10.1 Å².